The molecular formula is C8H11ClN2O. The van der Waals surface area contributed by atoms with Gasteiger partial charge in [-0.25, -0.2) is 4.98 Å². The van der Waals surface area contributed by atoms with Crippen molar-refractivity contribution in [2.24, 2.45) is 0 Å². The van der Waals surface area contributed by atoms with Crippen LogP contribution in [-0.4, -0.2) is 9.97 Å². The highest BCUT2D eigenvalue weighted by Crippen LogP contribution is 2.16. The molecule has 0 radical (unpaired) electrons. The fraction of sp³-hybridized carbons (Fsp3) is 0.500. The molecule has 0 unspecified atom stereocenters. The molecular weight excluding hydrogens is 176 g/mol. The highest BCUT2D eigenvalue weighted by atomic mass is 35.5. The van der Waals surface area contributed by atoms with Crippen LogP contribution in [-0.2, 0) is 5.41 Å². The molecule has 1 N–H and O–H groups in total. The van der Waals surface area contributed by atoms with Crippen LogP contribution in [0.3, 0.4) is 0 Å². The van der Waals surface area contributed by atoms with Crippen LogP contribution in [0.1, 0.15) is 26.6 Å². The van der Waals surface area contributed by atoms with Gasteiger partial charge in [-0.1, -0.05) is 32.4 Å². The van der Waals surface area contributed by atoms with E-state index in [-0.39, 0.29) is 16.0 Å². The number of aromatic amines is 1. The van der Waals surface area contributed by atoms with Gasteiger partial charge in [0.15, 0.2) is 0 Å². The lowest BCUT2D eigenvalue weighted by Gasteiger charge is -2.16. The SMILES string of the molecule is CC(C)(C)c1ncc(Cl)c(=O)[nH]1. The number of hydrogen-bond donors (Lipinski definition) is 1. The average Bonchev–Trinajstić information content (AvgIpc) is 1.92. The quantitative estimate of drug-likeness (QED) is 0.671. The average molecular weight is 187 g/mol. The summed E-state index contributed by atoms with van der Waals surface area (Å²) in [5.41, 5.74) is -0.430. The lowest BCUT2D eigenvalue weighted by atomic mass is 9.96. The van der Waals surface area contributed by atoms with Crippen molar-refractivity contribution in [2.75, 3.05) is 0 Å². The zero-order valence-corrected chi connectivity index (χ0v) is 8.07. The molecule has 0 aliphatic heterocycles. The first-order chi connectivity index (χ1) is 5.41. The largest absolute Gasteiger partial charge is 0.309 e. The van der Waals surface area contributed by atoms with Gasteiger partial charge >= 0.3 is 0 Å². The Kier molecular flexibility index (Phi) is 2.24. The lowest BCUT2D eigenvalue weighted by Crippen LogP contribution is -2.21. The second-order valence-electron chi connectivity index (χ2n) is 3.66. The summed E-state index contributed by atoms with van der Waals surface area (Å²) in [6.45, 7) is 5.91. The normalized spacial score (nSPS) is 11.7. The van der Waals surface area contributed by atoms with Gasteiger partial charge in [0.25, 0.3) is 5.56 Å². The van der Waals surface area contributed by atoms with Gasteiger partial charge in [0, 0.05) is 5.41 Å². The molecule has 3 nitrogen and oxygen atoms in total. The van der Waals surface area contributed by atoms with E-state index in [1.54, 1.807) is 0 Å². The molecule has 66 valence electrons. The molecule has 0 aliphatic rings. The predicted molar refractivity (Wildman–Crippen MR) is 48.6 cm³/mol. The maximum Gasteiger partial charge on any atom is 0.269 e. The van der Waals surface area contributed by atoms with E-state index in [4.69, 9.17) is 11.6 Å². The zero-order valence-electron chi connectivity index (χ0n) is 7.31. The molecule has 0 aromatic carbocycles. The Labute approximate surface area is 75.8 Å². The summed E-state index contributed by atoms with van der Waals surface area (Å²) in [4.78, 5) is 17.7. The molecule has 1 aromatic rings. The van der Waals surface area contributed by atoms with E-state index in [2.05, 4.69) is 9.97 Å². The summed E-state index contributed by atoms with van der Waals surface area (Å²) >= 11 is 5.52. The van der Waals surface area contributed by atoms with Gasteiger partial charge in [-0.05, 0) is 0 Å². The summed E-state index contributed by atoms with van der Waals surface area (Å²) in [6, 6.07) is 0. The number of rotatable bonds is 0. The van der Waals surface area contributed by atoms with Crippen LogP contribution in [0.25, 0.3) is 0 Å². The van der Waals surface area contributed by atoms with Gasteiger partial charge in [0.2, 0.25) is 0 Å². The maximum absolute atomic E-state index is 11.1. The third-order valence-corrected chi connectivity index (χ3v) is 1.74. The second-order valence-corrected chi connectivity index (χ2v) is 4.07. The number of nitrogens with zero attached hydrogens (tertiary/aromatic N) is 1. The van der Waals surface area contributed by atoms with Crippen molar-refractivity contribution in [3.05, 3.63) is 27.4 Å². The van der Waals surface area contributed by atoms with Crippen molar-refractivity contribution in [1.29, 1.82) is 0 Å². The molecule has 1 aromatic heterocycles. The maximum atomic E-state index is 11.1. The van der Waals surface area contributed by atoms with Gasteiger partial charge in [-0.3, -0.25) is 4.79 Å². The van der Waals surface area contributed by atoms with Gasteiger partial charge in [-0.2, -0.15) is 0 Å². The van der Waals surface area contributed by atoms with E-state index in [0.717, 1.165) is 0 Å². The Morgan fingerprint density at radius 2 is 2.08 bits per heavy atom. The van der Waals surface area contributed by atoms with Crippen LogP contribution in [0, 0.1) is 0 Å². The summed E-state index contributed by atoms with van der Waals surface area (Å²) in [7, 11) is 0. The van der Waals surface area contributed by atoms with Gasteiger partial charge in [0.05, 0.1) is 6.20 Å². The third-order valence-electron chi connectivity index (χ3n) is 1.47. The Bertz CT molecular complexity index is 338. The highest BCUT2D eigenvalue weighted by Gasteiger charge is 2.16. The molecule has 0 atom stereocenters. The fourth-order valence-electron chi connectivity index (χ4n) is 0.761. The topological polar surface area (TPSA) is 45.8 Å². The summed E-state index contributed by atoms with van der Waals surface area (Å²) in [5, 5.41) is 0.128. The van der Waals surface area contributed by atoms with Crippen LogP contribution < -0.4 is 5.56 Å². The van der Waals surface area contributed by atoms with Crippen LogP contribution >= 0.6 is 11.6 Å². The molecule has 0 bridgehead atoms. The monoisotopic (exact) mass is 186 g/mol. The first-order valence-corrected chi connectivity index (χ1v) is 4.04. The molecule has 1 heterocycles. The van der Waals surface area contributed by atoms with Crippen molar-refractivity contribution in [1.82, 2.24) is 9.97 Å². The predicted octanol–water partition coefficient (Wildman–Crippen LogP) is 1.72. The molecule has 0 saturated carbocycles. The Morgan fingerprint density at radius 3 is 2.50 bits per heavy atom. The summed E-state index contributed by atoms with van der Waals surface area (Å²) in [5.74, 6) is 0.650. The van der Waals surface area contributed by atoms with Crippen molar-refractivity contribution >= 4 is 11.6 Å². The molecule has 12 heavy (non-hydrogen) atoms. The van der Waals surface area contributed by atoms with E-state index in [1.807, 2.05) is 20.8 Å². The van der Waals surface area contributed by atoms with E-state index in [0.29, 0.717) is 5.82 Å². The fourth-order valence-corrected chi connectivity index (χ4v) is 0.857. The second kappa shape index (κ2) is 2.90. The third kappa shape index (κ3) is 1.85. The molecule has 0 spiro atoms. The minimum atomic E-state index is -0.281. The number of halogens is 1. The smallest absolute Gasteiger partial charge is 0.269 e. The van der Waals surface area contributed by atoms with Crippen molar-refractivity contribution < 1.29 is 0 Å². The number of H-pyrrole nitrogens is 1. The molecule has 0 aliphatic carbocycles. The molecule has 0 fully saturated rings. The van der Waals surface area contributed by atoms with Gasteiger partial charge in [0.1, 0.15) is 10.8 Å². The Hall–Kier alpha value is -0.830. The highest BCUT2D eigenvalue weighted by molar-refractivity contribution is 6.30. The Balaban J connectivity index is 3.23. The first kappa shape index (κ1) is 9.26. The standard InChI is InChI=1S/C8H11ClN2O/c1-8(2,3)7-10-4-5(9)6(12)11-7/h4H,1-3H3,(H,10,11,12). The minimum absolute atomic E-state index is 0.128. The molecule has 4 heteroatoms. The zero-order chi connectivity index (χ0) is 9.35. The van der Waals surface area contributed by atoms with Gasteiger partial charge < -0.3 is 4.98 Å². The van der Waals surface area contributed by atoms with E-state index in [1.165, 1.54) is 6.20 Å². The molecule has 0 saturated heterocycles. The summed E-state index contributed by atoms with van der Waals surface area (Å²) < 4.78 is 0. The lowest BCUT2D eigenvalue weighted by molar-refractivity contribution is 0.542. The van der Waals surface area contributed by atoms with Gasteiger partial charge in [-0.15, -0.1) is 0 Å². The van der Waals surface area contributed by atoms with Crippen LogP contribution in [0.4, 0.5) is 0 Å². The van der Waals surface area contributed by atoms with Crippen molar-refractivity contribution in [2.45, 2.75) is 26.2 Å². The van der Waals surface area contributed by atoms with E-state index in [9.17, 15) is 4.79 Å². The van der Waals surface area contributed by atoms with Crippen LogP contribution in [0.15, 0.2) is 11.0 Å². The van der Waals surface area contributed by atoms with E-state index >= 15 is 0 Å². The first-order valence-electron chi connectivity index (χ1n) is 3.66. The van der Waals surface area contributed by atoms with E-state index < -0.39 is 0 Å². The van der Waals surface area contributed by atoms with Crippen LogP contribution in [0.2, 0.25) is 5.02 Å². The summed E-state index contributed by atoms with van der Waals surface area (Å²) in [6.07, 6.45) is 1.38. The molecule has 0 amide bonds. The molecule has 1 rings (SSSR count). The number of hydrogen-bond acceptors (Lipinski definition) is 2. The minimum Gasteiger partial charge on any atom is -0.309 e. The van der Waals surface area contributed by atoms with Crippen molar-refractivity contribution in [3.8, 4) is 0 Å². The van der Waals surface area contributed by atoms with Crippen molar-refractivity contribution in [3.63, 3.8) is 0 Å². The number of aromatic nitrogens is 2. The number of nitrogens with one attached hydrogen (secondary N) is 1. The van der Waals surface area contributed by atoms with Crippen LogP contribution in [0.5, 0.6) is 0 Å². The Morgan fingerprint density at radius 1 is 1.50 bits per heavy atom.